The lowest BCUT2D eigenvalue weighted by Gasteiger charge is -2.11. The molecule has 0 radical (unpaired) electrons. The van der Waals surface area contributed by atoms with Crippen LogP contribution in [0.2, 0.25) is 0 Å². The molecule has 1 fully saturated rings. The molecule has 0 aromatic carbocycles. The Balaban J connectivity index is 1.63. The summed E-state index contributed by atoms with van der Waals surface area (Å²) in [7, 11) is -2.86. The summed E-state index contributed by atoms with van der Waals surface area (Å²) in [6.45, 7) is 1.08. The molecule has 1 atom stereocenters. The first kappa shape index (κ1) is 13.3. The number of nitrogens with one attached hydrogen (secondary N) is 1. The molecule has 1 N–H and O–H groups in total. The summed E-state index contributed by atoms with van der Waals surface area (Å²) in [6, 6.07) is 1.69. The molecule has 0 saturated carbocycles. The molecule has 1 saturated heterocycles. The van der Waals surface area contributed by atoms with Crippen LogP contribution in [0.3, 0.4) is 0 Å². The van der Waals surface area contributed by atoms with Crippen LogP contribution in [0.25, 0.3) is 5.52 Å². The lowest BCUT2D eigenvalue weighted by Crippen LogP contribution is -2.34. The molecule has 7 nitrogen and oxygen atoms in total. The summed E-state index contributed by atoms with van der Waals surface area (Å²) in [5.74, 6) is 0.454. The molecule has 3 rings (SSSR count). The predicted molar refractivity (Wildman–Crippen MR) is 74.5 cm³/mol. The van der Waals surface area contributed by atoms with E-state index in [0.717, 1.165) is 0 Å². The summed E-state index contributed by atoms with van der Waals surface area (Å²) in [6.07, 6.45) is 5.66. The molecular weight excluding hydrogens is 280 g/mol. The predicted octanol–water partition coefficient (Wildman–Crippen LogP) is -0.727. The van der Waals surface area contributed by atoms with Crippen molar-refractivity contribution in [2.24, 2.45) is 0 Å². The average Bonchev–Trinajstić information content (AvgIpc) is 2.99. The minimum Gasteiger partial charge on any atom is -0.311 e. The molecule has 20 heavy (non-hydrogen) atoms. The van der Waals surface area contributed by atoms with Gasteiger partial charge in [0.25, 0.3) is 5.56 Å². The Kier molecular flexibility index (Phi) is 3.35. The molecule has 1 aliphatic heterocycles. The molecule has 8 heteroatoms. The number of aromatic nitrogens is 3. The molecule has 0 amide bonds. The molecular formula is C12H16N4O3S. The first-order chi connectivity index (χ1) is 9.55. The normalized spacial score (nSPS) is 21.5. The van der Waals surface area contributed by atoms with Gasteiger partial charge in [-0.05, 0) is 12.5 Å². The van der Waals surface area contributed by atoms with Gasteiger partial charge in [-0.1, -0.05) is 0 Å². The first-order valence-corrected chi connectivity index (χ1v) is 8.34. The zero-order valence-electron chi connectivity index (χ0n) is 10.9. The third-order valence-electron chi connectivity index (χ3n) is 3.56. The Morgan fingerprint density at radius 1 is 1.40 bits per heavy atom. The highest BCUT2D eigenvalue weighted by atomic mass is 32.2. The molecule has 3 heterocycles. The Morgan fingerprint density at radius 3 is 3.00 bits per heavy atom. The second-order valence-corrected chi connectivity index (χ2v) is 7.24. The summed E-state index contributed by atoms with van der Waals surface area (Å²) in [5.41, 5.74) is 0.446. The van der Waals surface area contributed by atoms with Crippen LogP contribution < -0.4 is 10.9 Å². The van der Waals surface area contributed by atoms with Gasteiger partial charge in [-0.3, -0.25) is 4.79 Å². The van der Waals surface area contributed by atoms with Crippen LogP contribution >= 0.6 is 0 Å². The van der Waals surface area contributed by atoms with Gasteiger partial charge in [-0.15, -0.1) is 0 Å². The lowest BCUT2D eigenvalue weighted by atomic mass is 10.2. The van der Waals surface area contributed by atoms with Crippen LogP contribution in [-0.4, -0.2) is 46.7 Å². The summed E-state index contributed by atoms with van der Waals surface area (Å²) < 4.78 is 25.8. The van der Waals surface area contributed by atoms with Crippen molar-refractivity contribution < 1.29 is 8.42 Å². The number of nitrogens with zero attached hydrogens (tertiary/aromatic N) is 3. The summed E-state index contributed by atoms with van der Waals surface area (Å²) >= 11 is 0. The molecule has 108 valence electrons. The zero-order valence-corrected chi connectivity index (χ0v) is 11.7. The monoisotopic (exact) mass is 296 g/mol. The van der Waals surface area contributed by atoms with Crippen molar-refractivity contribution in [1.29, 1.82) is 0 Å². The van der Waals surface area contributed by atoms with Crippen molar-refractivity contribution in [1.82, 2.24) is 19.5 Å². The Morgan fingerprint density at radius 2 is 2.25 bits per heavy atom. The molecule has 0 spiro atoms. The maximum absolute atomic E-state index is 12.1. The molecule has 0 aliphatic carbocycles. The van der Waals surface area contributed by atoms with E-state index in [0.29, 0.717) is 25.0 Å². The molecule has 0 bridgehead atoms. The van der Waals surface area contributed by atoms with Gasteiger partial charge in [-0.25, -0.2) is 12.9 Å². The zero-order chi connectivity index (χ0) is 14.2. The van der Waals surface area contributed by atoms with Gasteiger partial charge < -0.3 is 9.88 Å². The van der Waals surface area contributed by atoms with Gasteiger partial charge in [0, 0.05) is 31.5 Å². The Bertz CT molecular complexity index is 777. The van der Waals surface area contributed by atoms with E-state index in [1.165, 1.54) is 4.52 Å². The third kappa shape index (κ3) is 2.61. The van der Waals surface area contributed by atoms with E-state index in [1.54, 1.807) is 29.2 Å². The van der Waals surface area contributed by atoms with Crippen molar-refractivity contribution in [3.63, 3.8) is 0 Å². The maximum atomic E-state index is 12.1. The van der Waals surface area contributed by atoms with Crippen LogP contribution in [-0.2, 0) is 16.4 Å². The van der Waals surface area contributed by atoms with Gasteiger partial charge in [0.05, 0.1) is 17.7 Å². The van der Waals surface area contributed by atoms with Crippen LogP contribution in [0.15, 0.2) is 29.5 Å². The molecule has 1 aliphatic rings. The van der Waals surface area contributed by atoms with Crippen molar-refractivity contribution in [3.05, 3.63) is 35.0 Å². The van der Waals surface area contributed by atoms with Crippen molar-refractivity contribution in [2.45, 2.75) is 19.0 Å². The topological polar surface area (TPSA) is 85.5 Å². The van der Waals surface area contributed by atoms with Gasteiger partial charge in [0.15, 0.2) is 9.84 Å². The van der Waals surface area contributed by atoms with Crippen molar-refractivity contribution in [2.75, 3.05) is 18.1 Å². The molecule has 1 unspecified atom stereocenters. The van der Waals surface area contributed by atoms with Crippen LogP contribution in [0.1, 0.15) is 6.42 Å². The number of rotatable bonds is 4. The minimum atomic E-state index is -2.86. The van der Waals surface area contributed by atoms with Crippen LogP contribution in [0.5, 0.6) is 0 Å². The third-order valence-corrected chi connectivity index (χ3v) is 5.32. The SMILES string of the molecule is O=c1c2ccnn2ccn1CCNC1CCS(=O)(=O)C1. The Hall–Kier alpha value is -1.67. The fraction of sp³-hybridized carbons (Fsp3) is 0.500. The first-order valence-electron chi connectivity index (χ1n) is 6.52. The van der Waals surface area contributed by atoms with Gasteiger partial charge >= 0.3 is 0 Å². The highest BCUT2D eigenvalue weighted by Crippen LogP contribution is 2.10. The number of hydrogen-bond donors (Lipinski definition) is 1. The quantitative estimate of drug-likeness (QED) is 0.804. The lowest BCUT2D eigenvalue weighted by molar-refractivity contribution is 0.513. The largest absolute Gasteiger partial charge is 0.311 e. The number of hydrogen-bond acceptors (Lipinski definition) is 5. The highest BCUT2D eigenvalue weighted by Gasteiger charge is 2.27. The van der Waals surface area contributed by atoms with Gasteiger partial charge in [0.1, 0.15) is 5.52 Å². The van der Waals surface area contributed by atoms with Gasteiger partial charge in [0.2, 0.25) is 0 Å². The van der Waals surface area contributed by atoms with E-state index in [2.05, 4.69) is 10.4 Å². The van der Waals surface area contributed by atoms with Gasteiger partial charge in [-0.2, -0.15) is 5.10 Å². The second kappa shape index (κ2) is 5.02. The maximum Gasteiger partial charge on any atom is 0.276 e. The fourth-order valence-corrected chi connectivity index (χ4v) is 4.19. The average molecular weight is 296 g/mol. The van der Waals surface area contributed by atoms with E-state index >= 15 is 0 Å². The molecule has 2 aromatic rings. The summed E-state index contributed by atoms with van der Waals surface area (Å²) in [5, 5.41) is 7.19. The second-order valence-electron chi connectivity index (χ2n) is 5.01. The van der Waals surface area contributed by atoms with E-state index < -0.39 is 9.84 Å². The highest BCUT2D eigenvalue weighted by molar-refractivity contribution is 7.91. The van der Waals surface area contributed by atoms with E-state index in [9.17, 15) is 13.2 Å². The number of fused-ring (bicyclic) bond motifs is 1. The Labute approximate surface area is 116 Å². The molecule has 2 aromatic heterocycles. The van der Waals surface area contributed by atoms with E-state index in [1.807, 2.05) is 0 Å². The number of sulfone groups is 1. The van der Waals surface area contributed by atoms with Crippen LogP contribution in [0, 0.1) is 0 Å². The standard InChI is InChI=1S/C12H16N4O3S/c17-12-11-1-3-14-16(11)7-6-15(12)5-4-13-10-2-8-20(18,19)9-10/h1,3,6-7,10,13H,2,4-5,8-9H2. The van der Waals surface area contributed by atoms with E-state index in [4.69, 9.17) is 0 Å². The minimum absolute atomic E-state index is 0.00870. The summed E-state index contributed by atoms with van der Waals surface area (Å²) in [4.78, 5) is 12.1. The van der Waals surface area contributed by atoms with Crippen LogP contribution in [0.4, 0.5) is 0 Å². The van der Waals surface area contributed by atoms with Crippen molar-refractivity contribution in [3.8, 4) is 0 Å². The van der Waals surface area contributed by atoms with Crippen molar-refractivity contribution >= 4 is 15.4 Å². The fourth-order valence-electron chi connectivity index (χ4n) is 2.48. The van der Waals surface area contributed by atoms with E-state index in [-0.39, 0.29) is 23.1 Å². The smallest absolute Gasteiger partial charge is 0.276 e.